The number of aromatic nitrogens is 2. The van der Waals surface area contributed by atoms with Crippen LogP contribution in [0.25, 0.3) is 11.9 Å². The lowest BCUT2D eigenvalue weighted by molar-refractivity contribution is -0.137. The monoisotopic (exact) mass is 441 g/mol. The van der Waals surface area contributed by atoms with Crippen LogP contribution in [0.15, 0.2) is 22.7 Å². The number of rotatable bonds is 5. The molecule has 9 heteroatoms. The number of carbonyl (C=O) groups is 2. The van der Waals surface area contributed by atoms with Gasteiger partial charge in [-0.1, -0.05) is 5.16 Å². The van der Waals surface area contributed by atoms with Crippen LogP contribution in [0.2, 0.25) is 0 Å². The van der Waals surface area contributed by atoms with Gasteiger partial charge in [0.05, 0.1) is 19.8 Å². The third-order valence-electron chi connectivity index (χ3n) is 6.13. The van der Waals surface area contributed by atoms with Gasteiger partial charge in [-0.25, -0.2) is 0 Å². The molecule has 0 radical (unpaired) electrons. The van der Waals surface area contributed by atoms with E-state index in [1.165, 1.54) is 0 Å². The Morgan fingerprint density at radius 1 is 1.00 bits per heavy atom. The van der Waals surface area contributed by atoms with E-state index in [4.69, 9.17) is 9.26 Å². The molecule has 9 nitrogen and oxygen atoms in total. The molecule has 32 heavy (non-hydrogen) atoms. The minimum absolute atomic E-state index is 0.00811. The average molecular weight is 442 g/mol. The molecule has 0 atom stereocenters. The summed E-state index contributed by atoms with van der Waals surface area (Å²) in [6.45, 7) is 11.5. The molecule has 2 fully saturated rings. The predicted octanol–water partition coefficient (Wildman–Crippen LogP) is 1.41. The second-order valence-corrected chi connectivity index (χ2v) is 8.39. The molecule has 2 aromatic heterocycles. The second kappa shape index (κ2) is 9.70. The van der Waals surface area contributed by atoms with E-state index < -0.39 is 0 Å². The molecule has 2 aromatic rings. The Labute approximate surface area is 188 Å². The van der Waals surface area contributed by atoms with Crippen molar-refractivity contribution < 1.29 is 18.8 Å². The second-order valence-electron chi connectivity index (χ2n) is 8.39. The SMILES string of the molecule is Cc1cc(-n2c(C)cc(C=CC(=O)N3CCN(CC(=O)N4CCOCC4)CC3)c2C)no1. The number of nitrogens with zero attached hydrogens (tertiary/aromatic N) is 5. The van der Waals surface area contributed by atoms with Gasteiger partial charge in [0.1, 0.15) is 5.76 Å². The van der Waals surface area contributed by atoms with Gasteiger partial charge in [-0.05, 0) is 38.5 Å². The summed E-state index contributed by atoms with van der Waals surface area (Å²) in [6, 6.07) is 3.93. The summed E-state index contributed by atoms with van der Waals surface area (Å²) < 4.78 is 12.5. The number of hydrogen-bond acceptors (Lipinski definition) is 6. The zero-order chi connectivity index (χ0) is 22.7. The third kappa shape index (κ3) is 4.94. The Kier molecular flexibility index (Phi) is 6.76. The lowest BCUT2D eigenvalue weighted by Gasteiger charge is -2.35. The highest BCUT2D eigenvalue weighted by atomic mass is 16.5. The molecule has 0 N–H and O–H groups in total. The van der Waals surface area contributed by atoms with Crippen molar-refractivity contribution in [3.8, 4) is 5.82 Å². The fourth-order valence-electron chi connectivity index (χ4n) is 4.26. The Bertz CT molecular complexity index is 994. The maximum Gasteiger partial charge on any atom is 0.246 e. The highest BCUT2D eigenvalue weighted by Gasteiger charge is 2.24. The van der Waals surface area contributed by atoms with Crippen molar-refractivity contribution in [3.05, 3.63) is 40.9 Å². The minimum atomic E-state index is -0.00811. The Morgan fingerprint density at radius 3 is 2.38 bits per heavy atom. The standard InChI is InChI=1S/C23H31N5O4/c1-17-14-20(19(3)28(17)21-15-18(2)32-24-21)4-5-22(29)26-8-6-25(7-9-26)16-23(30)27-10-12-31-13-11-27/h4-5,14-15H,6-13,16H2,1-3H3. The van der Waals surface area contributed by atoms with Crippen molar-refractivity contribution in [2.45, 2.75) is 20.8 Å². The molecule has 0 unspecified atom stereocenters. The van der Waals surface area contributed by atoms with Gasteiger partial charge < -0.3 is 19.1 Å². The van der Waals surface area contributed by atoms with E-state index in [1.807, 2.05) is 53.3 Å². The van der Waals surface area contributed by atoms with E-state index >= 15 is 0 Å². The van der Waals surface area contributed by atoms with Crippen LogP contribution in [0.1, 0.15) is 22.7 Å². The van der Waals surface area contributed by atoms with Crippen LogP contribution in [0.3, 0.4) is 0 Å². The van der Waals surface area contributed by atoms with Crippen molar-refractivity contribution >= 4 is 17.9 Å². The summed E-state index contributed by atoms with van der Waals surface area (Å²) in [5.41, 5.74) is 3.01. The van der Waals surface area contributed by atoms with Gasteiger partial charge in [0.2, 0.25) is 11.8 Å². The molecular formula is C23H31N5O4. The Hall–Kier alpha value is -2.91. The van der Waals surface area contributed by atoms with Crippen LogP contribution in [-0.4, -0.2) is 95.3 Å². The maximum absolute atomic E-state index is 12.7. The highest BCUT2D eigenvalue weighted by molar-refractivity contribution is 5.92. The topological polar surface area (TPSA) is 84.1 Å². The van der Waals surface area contributed by atoms with Gasteiger partial charge in [-0.2, -0.15) is 0 Å². The summed E-state index contributed by atoms with van der Waals surface area (Å²) in [5.74, 6) is 1.63. The van der Waals surface area contributed by atoms with Gasteiger partial charge in [0, 0.05) is 62.8 Å². The van der Waals surface area contributed by atoms with E-state index in [9.17, 15) is 9.59 Å². The first kappa shape index (κ1) is 22.3. The van der Waals surface area contributed by atoms with Crippen molar-refractivity contribution in [1.29, 1.82) is 0 Å². The van der Waals surface area contributed by atoms with Crippen molar-refractivity contribution in [3.63, 3.8) is 0 Å². The predicted molar refractivity (Wildman–Crippen MR) is 119 cm³/mol. The average Bonchev–Trinajstić information content (AvgIpc) is 3.34. The molecule has 2 saturated heterocycles. The fourth-order valence-corrected chi connectivity index (χ4v) is 4.26. The first-order valence-corrected chi connectivity index (χ1v) is 11.1. The summed E-state index contributed by atoms with van der Waals surface area (Å²) >= 11 is 0. The molecular weight excluding hydrogens is 410 g/mol. The zero-order valence-electron chi connectivity index (χ0n) is 19.0. The number of piperazine rings is 1. The van der Waals surface area contributed by atoms with E-state index in [-0.39, 0.29) is 11.8 Å². The summed E-state index contributed by atoms with van der Waals surface area (Å²) in [6.07, 6.45) is 3.50. The van der Waals surface area contributed by atoms with E-state index in [2.05, 4.69) is 10.1 Å². The number of aryl methyl sites for hydroxylation is 2. The molecule has 0 aliphatic carbocycles. The van der Waals surface area contributed by atoms with Crippen LogP contribution >= 0.6 is 0 Å². The lowest BCUT2D eigenvalue weighted by Crippen LogP contribution is -2.52. The normalized spacial score (nSPS) is 18.0. The summed E-state index contributed by atoms with van der Waals surface area (Å²) in [7, 11) is 0. The fraction of sp³-hybridized carbons (Fsp3) is 0.522. The van der Waals surface area contributed by atoms with Crippen LogP contribution in [0.5, 0.6) is 0 Å². The van der Waals surface area contributed by atoms with Crippen LogP contribution in [0.4, 0.5) is 0 Å². The minimum Gasteiger partial charge on any atom is -0.378 e. The highest BCUT2D eigenvalue weighted by Crippen LogP contribution is 2.21. The number of morpholine rings is 1. The van der Waals surface area contributed by atoms with Gasteiger partial charge in [0.15, 0.2) is 5.82 Å². The van der Waals surface area contributed by atoms with Gasteiger partial charge in [-0.15, -0.1) is 0 Å². The largest absolute Gasteiger partial charge is 0.378 e. The lowest BCUT2D eigenvalue weighted by atomic mass is 10.2. The molecule has 0 aromatic carbocycles. The van der Waals surface area contributed by atoms with Crippen LogP contribution < -0.4 is 0 Å². The number of carbonyl (C=O) groups excluding carboxylic acids is 2. The quantitative estimate of drug-likeness (QED) is 0.653. The summed E-state index contributed by atoms with van der Waals surface area (Å²) in [4.78, 5) is 31.0. The molecule has 2 amide bonds. The van der Waals surface area contributed by atoms with Crippen LogP contribution in [0, 0.1) is 20.8 Å². The number of hydrogen-bond donors (Lipinski definition) is 0. The molecule has 2 aliphatic rings. The Balaban J connectivity index is 1.31. The Morgan fingerprint density at radius 2 is 1.72 bits per heavy atom. The molecule has 0 saturated carbocycles. The molecule has 4 rings (SSSR count). The zero-order valence-corrected chi connectivity index (χ0v) is 19.0. The smallest absolute Gasteiger partial charge is 0.246 e. The van der Waals surface area contributed by atoms with E-state index in [0.717, 1.165) is 28.5 Å². The molecule has 2 aliphatic heterocycles. The molecule has 0 bridgehead atoms. The molecule has 4 heterocycles. The molecule has 172 valence electrons. The van der Waals surface area contributed by atoms with Gasteiger partial charge >= 0.3 is 0 Å². The van der Waals surface area contributed by atoms with Crippen molar-refractivity contribution in [2.75, 3.05) is 59.0 Å². The van der Waals surface area contributed by atoms with Crippen LogP contribution in [-0.2, 0) is 14.3 Å². The van der Waals surface area contributed by atoms with Gasteiger partial charge in [-0.3, -0.25) is 19.1 Å². The number of ether oxygens (including phenoxy) is 1. The first-order valence-electron chi connectivity index (χ1n) is 11.1. The van der Waals surface area contributed by atoms with Crippen molar-refractivity contribution in [2.24, 2.45) is 0 Å². The van der Waals surface area contributed by atoms with Gasteiger partial charge in [0.25, 0.3) is 0 Å². The van der Waals surface area contributed by atoms with E-state index in [1.54, 1.807) is 6.08 Å². The van der Waals surface area contributed by atoms with Crippen molar-refractivity contribution in [1.82, 2.24) is 24.4 Å². The molecule has 0 spiro atoms. The number of amides is 2. The third-order valence-corrected chi connectivity index (χ3v) is 6.13. The van der Waals surface area contributed by atoms with E-state index in [0.29, 0.717) is 59.0 Å². The first-order chi connectivity index (χ1) is 15.4. The summed E-state index contributed by atoms with van der Waals surface area (Å²) in [5, 5.41) is 4.10. The maximum atomic E-state index is 12.7.